The Kier molecular flexibility index (Phi) is 3.34. The third kappa shape index (κ3) is 2.16. The normalized spacial score (nSPS) is 9.50. The summed E-state index contributed by atoms with van der Waals surface area (Å²) in [5.41, 5.74) is 0.507. The molecule has 0 saturated heterocycles. The number of rotatable bonds is 2. The molecule has 0 atom stereocenters. The summed E-state index contributed by atoms with van der Waals surface area (Å²) in [7, 11) is 0. The number of carboxylic acid groups (broad SMARTS) is 1. The Bertz CT molecular complexity index is 424. The molecule has 72 valence electrons. The first-order valence-corrected chi connectivity index (χ1v) is 4.40. The van der Waals surface area contributed by atoms with Crippen LogP contribution in [-0.4, -0.2) is 11.1 Å². The molecule has 0 aliphatic carbocycles. The van der Waals surface area contributed by atoms with Crippen LogP contribution in [0.15, 0.2) is 12.1 Å². The van der Waals surface area contributed by atoms with E-state index in [0.29, 0.717) is 5.56 Å². The zero-order valence-electron chi connectivity index (χ0n) is 6.92. The number of halogens is 2. The smallest absolute Gasteiger partial charge is 0.307 e. The van der Waals surface area contributed by atoms with E-state index in [2.05, 4.69) is 0 Å². The first kappa shape index (κ1) is 10.8. The first-order chi connectivity index (χ1) is 6.56. The van der Waals surface area contributed by atoms with Crippen molar-refractivity contribution in [2.75, 3.05) is 0 Å². The highest BCUT2D eigenvalue weighted by Gasteiger charge is 2.12. The number of carbonyl (C=O) groups is 1. The van der Waals surface area contributed by atoms with Gasteiger partial charge in [0, 0.05) is 0 Å². The molecule has 0 bridgehead atoms. The van der Waals surface area contributed by atoms with Crippen molar-refractivity contribution in [1.82, 2.24) is 0 Å². The molecule has 0 fully saturated rings. The zero-order valence-corrected chi connectivity index (χ0v) is 8.43. The van der Waals surface area contributed by atoms with Crippen LogP contribution in [0.4, 0.5) is 0 Å². The van der Waals surface area contributed by atoms with Crippen LogP contribution < -0.4 is 0 Å². The number of nitrogens with zero attached hydrogens (tertiary/aromatic N) is 1. The monoisotopic (exact) mass is 229 g/mol. The number of carboxylic acids is 1. The Hall–Kier alpha value is -1.24. The summed E-state index contributed by atoms with van der Waals surface area (Å²) in [6.45, 7) is 0. The van der Waals surface area contributed by atoms with E-state index in [1.807, 2.05) is 6.07 Å². The molecule has 1 N–H and O–H groups in total. The average molecular weight is 230 g/mol. The Labute approximate surface area is 90.5 Å². The van der Waals surface area contributed by atoms with Crippen molar-refractivity contribution in [3.63, 3.8) is 0 Å². The molecule has 0 aliphatic rings. The Balaban J connectivity index is 3.23. The molecule has 0 aromatic heterocycles. The number of aliphatic carboxylic acids is 1. The minimum atomic E-state index is -1.00. The molecule has 3 nitrogen and oxygen atoms in total. The molecular formula is C9H5Cl2NO2. The number of nitriles is 1. The zero-order chi connectivity index (χ0) is 10.7. The molecule has 0 saturated carbocycles. The van der Waals surface area contributed by atoms with Gasteiger partial charge in [0.1, 0.15) is 6.07 Å². The minimum Gasteiger partial charge on any atom is -0.481 e. The van der Waals surface area contributed by atoms with Gasteiger partial charge in [-0.2, -0.15) is 5.26 Å². The number of hydrogen-bond donors (Lipinski definition) is 1. The van der Waals surface area contributed by atoms with Gasteiger partial charge in [-0.3, -0.25) is 4.79 Å². The summed E-state index contributed by atoms with van der Waals surface area (Å²) < 4.78 is 0. The molecule has 1 aromatic rings. The van der Waals surface area contributed by atoms with E-state index in [9.17, 15) is 4.79 Å². The summed E-state index contributed by atoms with van der Waals surface area (Å²) in [6.07, 6.45) is -0.218. The van der Waals surface area contributed by atoms with Crippen LogP contribution in [0.1, 0.15) is 11.1 Å². The van der Waals surface area contributed by atoms with Crippen LogP contribution in [0.3, 0.4) is 0 Å². The van der Waals surface area contributed by atoms with Gasteiger partial charge in [0.2, 0.25) is 0 Å². The van der Waals surface area contributed by atoms with Crippen molar-refractivity contribution in [2.45, 2.75) is 6.42 Å². The van der Waals surface area contributed by atoms with Crippen LogP contribution in [-0.2, 0) is 11.2 Å². The lowest BCUT2D eigenvalue weighted by Gasteiger charge is -2.03. The molecule has 1 aromatic carbocycles. The second-order valence-electron chi connectivity index (χ2n) is 2.58. The lowest BCUT2D eigenvalue weighted by Crippen LogP contribution is -2.01. The van der Waals surface area contributed by atoms with Crippen LogP contribution in [0.5, 0.6) is 0 Å². The lowest BCUT2D eigenvalue weighted by atomic mass is 10.1. The fraction of sp³-hybridized carbons (Fsp3) is 0.111. The lowest BCUT2D eigenvalue weighted by molar-refractivity contribution is -0.136. The van der Waals surface area contributed by atoms with Gasteiger partial charge < -0.3 is 5.11 Å². The highest BCUT2D eigenvalue weighted by atomic mass is 35.5. The van der Waals surface area contributed by atoms with Crippen molar-refractivity contribution >= 4 is 29.2 Å². The second kappa shape index (κ2) is 4.32. The minimum absolute atomic E-state index is 0.113. The maximum atomic E-state index is 10.4. The maximum absolute atomic E-state index is 10.4. The highest BCUT2D eigenvalue weighted by Crippen LogP contribution is 2.27. The second-order valence-corrected chi connectivity index (χ2v) is 3.36. The average Bonchev–Trinajstić information content (AvgIpc) is 2.10. The van der Waals surface area contributed by atoms with E-state index in [1.54, 1.807) is 0 Å². The van der Waals surface area contributed by atoms with Crippen molar-refractivity contribution in [1.29, 1.82) is 5.26 Å². The van der Waals surface area contributed by atoms with Gasteiger partial charge in [-0.15, -0.1) is 0 Å². The fourth-order valence-electron chi connectivity index (χ4n) is 0.998. The summed E-state index contributed by atoms with van der Waals surface area (Å²) in [4.78, 5) is 10.4. The summed E-state index contributed by atoms with van der Waals surface area (Å²) >= 11 is 11.5. The summed E-state index contributed by atoms with van der Waals surface area (Å²) in [5.74, 6) is -1.00. The van der Waals surface area contributed by atoms with Crippen molar-refractivity contribution < 1.29 is 9.90 Å². The van der Waals surface area contributed by atoms with Gasteiger partial charge in [-0.1, -0.05) is 29.3 Å². The number of hydrogen-bond acceptors (Lipinski definition) is 2. The molecule has 14 heavy (non-hydrogen) atoms. The van der Waals surface area contributed by atoms with Gasteiger partial charge in [0.05, 0.1) is 22.0 Å². The quantitative estimate of drug-likeness (QED) is 0.848. The Morgan fingerprint density at radius 2 is 2.14 bits per heavy atom. The summed E-state index contributed by atoms with van der Waals surface area (Å²) in [5, 5.41) is 17.6. The third-order valence-corrected chi connectivity index (χ3v) is 2.37. The Morgan fingerprint density at radius 1 is 1.50 bits per heavy atom. The van der Waals surface area contributed by atoms with Gasteiger partial charge in [0.25, 0.3) is 0 Å². The molecule has 0 unspecified atom stereocenters. The van der Waals surface area contributed by atoms with E-state index >= 15 is 0 Å². The van der Waals surface area contributed by atoms with Gasteiger partial charge in [0.15, 0.2) is 0 Å². The molecule has 0 amide bonds. The van der Waals surface area contributed by atoms with Gasteiger partial charge in [-0.05, 0) is 11.6 Å². The standard InChI is InChI=1S/C9H5Cl2NO2/c10-7-2-1-5(3-8(13)14)9(11)6(7)4-12/h1-2H,3H2,(H,13,14). The first-order valence-electron chi connectivity index (χ1n) is 3.65. The molecule has 1 rings (SSSR count). The van der Waals surface area contributed by atoms with Crippen LogP contribution >= 0.6 is 23.2 Å². The summed E-state index contributed by atoms with van der Waals surface area (Å²) in [6, 6.07) is 4.78. The molecule has 0 heterocycles. The maximum Gasteiger partial charge on any atom is 0.307 e. The fourth-order valence-corrected chi connectivity index (χ4v) is 1.52. The Morgan fingerprint density at radius 3 is 2.64 bits per heavy atom. The topological polar surface area (TPSA) is 61.1 Å². The van der Waals surface area contributed by atoms with Crippen LogP contribution in [0.2, 0.25) is 10.0 Å². The van der Waals surface area contributed by atoms with E-state index < -0.39 is 5.97 Å². The van der Waals surface area contributed by atoms with E-state index in [-0.39, 0.29) is 22.0 Å². The molecular weight excluding hydrogens is 225 g/mol. The molecule has 0 radical (unpaired) electrons. The van der Waals surface area contributed by atoms with Gasteiger partial charge >= 0.3 is 5.97 Å². The predicted octanol–water partition coefficient (Wildman–Crippen LogP) is 2.49. The highest BCUT2D eigenvalue weighted by molar-refractivity contribution is 6.37. The van der Waals surface area contributed by atoms with Crippen LogP contribution in [0, 0.1) is 11.3 Å². The SMILES string of the molecule is N#Cc1c(Cl)ccc(CC(=O)O)c1Cl. The predicted molar refractivity (Wildman–Crippen MR) is 52.5 cm³/mol. The van der Waals surface area contributed by atoms with Crippen molar-refractivity contribution in [3.05, 3.63) is 33.3 Å². The molecule has 5 heteroatoms. The van der Waals surface area contributed by atoms with E-state index in [1.165, 1.54) is 12.1 Å². The van der Waals surface area contributed by atoms with E-state index in [4.69, 9.17) is 33.6 Å². The van der Waals surface area contributed by atoms with Gasteiger partial charge in [-0.25, -0.2) is 0 Å². The third-order valence-electron chi connectivity index (χ3n) is 1.62. The van der Waals surface area contributed by atoms with Crippen molar-refractivity contribution in [3.8, 4) is 6.07 Å². The van der Waals surface area contributed by atoms with E-state index in [0.717, 1.165) is 0 Å². The number of benzene rings is 1. The molecule has 0 aliphatic heterocycles. The van der Waals surface area contributed by atoms with Crippen LogP contribution in [0.25, 0.3) is 0 Å². The largest absolute Gasteiger partial charge is 0.481 e. The van der Waals surface area contributed by atoms with Crippen molar-refractivity contribution in [2.24, 2.45) is 0 Å². The molecule has 0 spiro atoms.